The van der Waals surface area contributed by atoms with Crippen LogP contribution >= 0.6 is 0 Å². The lowest BCUT2D eigenvalue weighted by molar-refractivity contribution is -0.118. The van der Waals surface area contributed by atoms with Crippen LogP contribution in [-0.4, -0.2) is 5.91 Å². The smallest absolute Gasteiger partial charge is 0.228 e. The minimum absolute atomic E-state index is 0.0308. The van der Waals surface area contributed by atoms with Gasteiger partial charge in [0.25, 0.3) is 0 Å². The maximum Gasteiger partial charge on any atom is 0.228 e. The second kappa shape index (κ2) is 2.74. The third-order valence-corrected chi connectivity index (χ3v) is 2.50. The number of hydrogen-bond acceptors (Lipinski definition) is 2. The Hall–Kier alpha value is -1.56. The molecule has 2 unspecified atom stereocenters. The average molecular weight is 174 g/mol. The Balaban J connectivity index is 2.34. The molecular formula is C10H10N2O. The number of nitrogens with one attached hydrogen (secondary N) is 1. The predicted molar refractivity (Wildman–Crippen MR) is 47.2 cm³/mol. The van der Waals surface area contributed by atoms with E-state index in [0.717, 1.165) is 11.3 Å². The number of hydrogen-bond donors (Lipinski definition) is 1. The first-order chi connectivity index (χ1) is 6.20. The molecule has 13 heavy (non-hydrogen) atoms. The summed E-state index contributed by atoms with van der Waals surface area (Å²) in [5, 5.41) is 11.6. The predicted octanol–water partition coefficient (Wildman–Crippen LogP) is 1.11. The lowest BCUT2D eigenvalue weighted by Crippen LogP contribution is -2.16. The van der Waals surface area contributed by atoms with E-state index in [1.54, 1.807) is 0 Å². The highest BCUT2D eigenvalue weighted by molar-refractivity contribution is 5.87. The van der Waals surface area contributed by atoms with Crippen molar-refractivity contribution in [3.8, 4) is 6.07 Å². The first-order valence-electron chi connectivity index (χ1n) is 4.33. The molecule has 1 aliphatic heterocycles. The van der Waals surface area contributed by atoms with E-state index in [1.807, 2.05) is 19.1 Å². The molecule has 0 aromatic rings. The highest BCUT2D eigenvalue weighted by Crippen LogP contribution is 2.30. The van der Waals surface area contributed by atoms with Gasteiger partial charge in [0, 0.05) is 5.70 Å². The van der Waals surface area contributed by atoms with Gasteiger partial charge in [-0.3, -0.25) is 4.79 Å². The van der Waals surface area contributed by atoms with Crippen LogP contribution in [0.2, 0.25) is 0 Å². The molecule has 0 spiro atoms. The van der Waals surface area contributed by atoms with Crippen LogP contribution in [0.15, 0.2) is 23.4 Å². The van der Waals surface area contributed by atoms with Crippen LogP contribution < -0.4 is 5.32 Å². The Morgan fingerprint density at radius 2 is 2.38 bits per heavy atom. The summed E-state index contributed by atoms with van der Waals surface area (Å²) in [6, 6.07) is 2.22. The van der Waals surface area contributed by atoms with Crippen molar-refractivity contribution in [2.24, 2.45) is 11.8 Å². The van der Waals surface area contributed by atoms with Gasteiger partial charge in [0.05, 0.1) is 18.4 Å². The van der Waals surface area contributed by atoms with Gasteiger partial charge in [-0.25, -0.2) is 0 Å². The molecule has 3 heteroatoms. The number of fused-ring (bicyclic) bond motifs is 1. The fourth-order valence-corrected chi connectivity index (χ4v) is 1.73. The molecule has 1 saturated heterocycles. The standard InChI is InChI=1S/C10H10N2O/c1-6-2-9-7(3-8(6)5-11)4-10(13)12-9/h2-3,6,8H,4H2,1H3,(H,12,13). The summed E-state index contributed by atoms with van der Waals surface area (Å²) in [6.45, 7) is 1.98. The quantitative estimate of drug-likeness (QED) is 0.598. The summed E-state index contributed by atoms with van der Waals surface area (Å²) in [5.74, 6) is 0.150. The van der Waals surface area contributed by atoms with Crippen LogP contribution in [-0.2, 0) is 4.79 Å². The van der Waals surface area contributed by atoms with Gasteiger partial charge in [0.2, 0.25) is 5.91 Å². The highest BCUT2D eigenvalue weighted by atomic mass is 16.1. The van der Waals surface area contributed by atoms with Crippen molar-refractivity contribution >= 4 is 5.91 Å². The molecule has 2 aliphatic rings. The van der Waals surface area contributed by atoms with Gasteiger partial charge in [0.15, 0.2) is 0 Å². The fraction of sp³-hybridized carbons (Fsp3) is 0.400. The molecule has 1 amide bonds. The number of carbonyl (C=O) groups excluding carboxylic acids is 1. The van der Waals surface area contributed by atoms with Crippen LogP contribution in [0.25, 0.3) is 0 Å². The number of rotatable bonds is 0. The van der Waals surface area contributed by atoms with Crippen molar-refractivity contribution in [2.45, 2.75) is 13.3 Å². The van der Waals surface area contributed by atoms with Gasteiger partial charge in [0.1, 0.15) is 0 Å². The zero-order chi connectivity index (χ0) is 9.42. The average Bonchev–Trinajstić information content (AvgIpc) is 2.42. The molecule has 2 atom stereocenters. The first kappa shape index (κ1) is 8.06. The largest absolute Gasteiger partial charge is 0.326 e. The normalized spacial score (nSPS) is 31.2. The lowest BCUT2D eigenvalue weighted by Gasteiger charge is -2.17. The van der Waals surface area contributed by atoms with Crippen molar-refractivity contribution in [3.63, 3.8) is 0 Å². The van der Waals surface area contributed by atoms with E-state index in [1.165, 1.54) is 0 Å². The number of nitriles is 1. The monoisotopic (exact) mass is 174 g/mol. The van der Waals surface area contributed by atoms with Crippen LogP contribution in [0, 0.1) is 23.2 Å². The van der Waals surface area contributed by atoms with Crippen LogP contribution in [0.1, 0.15) is 13.3 Å². The Labute approximate surface area is 76.7 Å². The SMILES string of the molecule is CC1C=C2NC(=O)CC2=CC1C#N. The summed E-state index contributed by atoms with van der Waals surface area (Å²) in [7, 11) is 0. The highest BCUT2D eigenvalue weighted by Gasteiger charge is 2.27. The van der Waals surface area contributed by atoms with Gasteiger partial charge >= 0.3 is 0 Å². The topological polar surface area (TPSA) is 52.9 Å². The van der Waals surface area contributed by atoms with E-state index < -0.39 is 0 Å². The summed E-state index contributed by atoms with van der Waals surface area (Å²) in [5.41, 5.74) is 1.89. The molecule has 0 aromatic heterocycles. The minimum atomic E-state index is -0.0774. The molecule has 1 fully saturated rings. The number of carbonyl (C=O) groups is 1. The summed E-state index contributed by atoms with van der Waals surface area (Å²) >= 11 is 0. The number of allylic oxidation sites excluding steroid dienone is 3. The second-order valence-electron chi connectivity index (χ2n) is 3.51. The van der Waals surface area contributed by atoms with Crippen molar-refractivity contribution < 1.29 is 4.79 Å². The fourth-order valence-electron chi connectivity index (χ4n) is 1.73. The van der Waals surface area contributed by atoms with E-state index >= 15 is 0 Å². The molecule has 3 nitrogen and oxygen atoms in total. The van der Waals surface area contributed by atoms with Crippen molar-refractivity contribution in [1.29, 1.82) is 5.26 Å². The van der Waals surface area contributed by atoms with Crippen molar-refractivity contribution in [3.05, 3.63) is 23.4 Å². The zero-order valence-corrected chi connectivity index (χ0v) is 7.37. The zero-order valence-electron chi connectivity index (χ0n) is 7.37. The van der Waals surface area contributed by atoms with Crippen molar-refractivity contribution in [1.82, 2.24) is 5.32 Å². The summed E-state index contributed by atoms with van der Waals surface area (Å²) < 4.78 is 0. The summed E-state index contributed by atoms with van der Waals surface area (Å²) in [4.78, 5) is 11.0. The van der Waals surface area contributed by atoms with Gasteiger partial charge in [-0.15, -0.1) is 0 Å². The lowest BCUT2D eigenvalue weighted by atomic mass is 9.87. The molecule has 1 N–H and O–H groups in total. The van der Waals surface area contributed by atoms with Gasteiger partial charge in [-0.1, -0.05) is 19.1 Å². The second-order valence-corrected chi connectivity index (χ2v) is 3.51. The first-order valence-corrected chi connectivity index (χ1v) is 4.33. The van der Waals surface area contributed by atoms with Crippen molar-refractivity contribution in [2.75, 3.05) is 0 Å². The third kappa shape index (κ3) is 1.25. The van der Waals surface area contributed by atoms with Gasteiger partial charge in [-0.2, -0.15) is 5.26 Å². The number of nitrogens with zero attached hydrogens (tertiary/aromatic N) is 1. The maximum absolute atomic E-state index is 11.0. The van der Waals surface area contributed by atoms with E-state index in [4.69, 9.17) is 5.26 Å². The van der Waals surface area contributed by atoms with E-state index in [-0.39, 0.29) is 17.7 Å². The molecule has 1 heterocycles. The Morgan fingerprint density at radius 1 is 1.62 bits per heavy atom. The van der Waals surface area contributed by atoms with E-state index in [9.17, 15) is 4.79 Å². The molecule has 1 aliphatic carbocycles. The number of amides is 1. The van der Waals surface area contributed by atoms with Crippen LogP contribution in [0.5, 0.6) is 0 Å². The van der Waals surface area contributed by atoms with Gasteiger partial charge < -0.3 is 5.32 Å². The summed E-state index contributed by atoms with van der Waals surface area (Å²) in [6.07, 6.45) is 4.29. The van der Waals surface area contributed by atoms with E-state index in [0.29, 0.717) is 6.42 Å². The maximum atomic E-state index is 11.0. The molecule has 66 valence electrons. The molecule has 0 saturated carbocycles. The molecule has 0 aromatic carbocycles. The third-order valence-electron chi connectivity index (χ3n) is 2.50. The van der Waals surface area contributed by atoms with Crippen LogP contribution in [0.4, 0.5) is 0 Å². The van der Waals surface area contributed by atoms with Gasteiger partial charge in [-0.05, 0) is 11.5 Å². The Bertz CT molecular complexity index is 360. The molecule has 2 rings (SSSR count). The molecule has 0 bridgehead atoms. The minimum Gasteiger partial charge on any atom is -0.326 e. The Kier molecular flexibility index (Phi) is 1.70. The van der Waals surface area contributed by atoms with E-state index in [2.05, 4.69) is 11.4 Å². The molecule has 0 radical (unpaired) electrons. The Morgan fingerprint density at radius 3 is 3.08 bits per heavy atom. The molecular weight excluding hydrogens is 164 g/mol. The van der Waals surface area contributed by atoms with Crippen LogP contribution in [0.3, 0.4) is 0 Å².